The average molecular weight is 273 g/mol. The third kappa shape index (κ3) is 2.83. The predicted molar refractivity (Wildman–Crippen MR) is 63.9 cm³/mol. The number of benzene rings is 1. The van der Waals surface area contributed by atoms with Crippen LogP contribution in [0.3, 0.4) is 0 Å². The van der Waals surface area contributed by atoms with Crippen LogP contribution in [-0.4, -0.2) is 24.2 Å². The summed E-state index contributed by atoms with van der Waals surface area (Å²) in [6.45, 7) is 2.79. The van der Waals surface area contributed by atoms with Crippen molar-refractivity contribution in [1.29, 1.82) is 0 Å². The smallest absolute Gasteiger partial charge is 0.416 e. The molecule has 0 amide bonds. The fourth-order valence-corrected chi connectivity index (χ4v) is 2.10. The number of alkyl halides is 3. The van der Waals surface area contributed by atoms with Crippen molar-refractivity contribution in [2.45, 2.75) is 13.1 Å². The molecule has 1 saturated heterocycles. The van der Waals surface area contributed by atoms with Crippen LogP contribution in [0.2, 0.25) is 0 Å². The van der Waals surface area contributed by atoms with Crippen molar-refractivity contribution in [2.75, 3.05) is 18.0 Å². The number of nitrogens with zero attached hydrogens (tertiary/aromatic N) is 1. The number of rotatable bonds is 3. The first-order valence-corrected chi connectivity index (χ1v) is 5.94. The maximum atomic E-state index is 12.4. The number of carboxylic acid groups (broad SMARTS) is 1. The molecule has 1 aliphatic heterocycles. The van der Waals surface area contributed by atoms with Crippen molar-refractivity contribution in [3.05, 3.63) is 29.8 Å². The van der Waals surface area contributed by atoms with E-state index in [0.717, 1.165) is 12.1 Å². The highest BCUT2D eigenvalue weighted by atomic mass is 19.4. The van der Waals surface area contributed by atoms with E-state index in [4.69, 9.17) is 5.11 Å². The van der Waals surface area contributed by atoms with Gasteiger partial charge in [0.2, 0.25) is 0 Å². The van der Waals surface area contributed by atoms with Gasteiger partial charge in [-0.05, 0) is 24.3 Å². The molecular weight excluding hydrogens is 259 g/mol. The van der Waals surface area contributed by atoms with Gasteiger partial charge in [0.25, 0.3) is 0 Å². The largest absolute Gasteiger partial charge is 0.481 e. The lowest BCUT2D eigenvalue weighted by molar-refractivity contribution is -0.143. The molecule has 6 heteroatoms. The summed E-state index contributed by atoms with van der Waals surface area (Å²) in [5.41, 5.74) is 0.0223. The Morgan fingerprint density at radius 2 is 1.84 bits per heavy atom. The van der Waals surface area contributed by atoms with E-state index in [0.29, 0.717) is 18.8 Å². The summed E-state index contributed by atoms with van der Waals surface area (Å²) in [5, 5.41) is 8.86. The number of hydrogen-bond acceptors (Lipinski definition) is 2. The fraction of sp³-hybridized carbons (Fsp3) is 0.462. The predicted octanol–water partition coefficient (Wildman–Crippen LogP) is 2.86. The van der Waals surface area contributed by atoms with E-state index >= 15 is 0 Å². The minimum Gasteiger partial charge on any atom is -0.481 e. The molecule has 1 unspecified atom stereocenters. The minimum absolute atomic E-state index is 0.0554. The number of halogens is 3. The Balaban J connectivity index is 1.97. The van der Waals surface area contributed by atoms with Gasteiger partial charge in [0.05, 0.1) is 11.5 Å². The third-order valence-electron chi connectivity index (χ3n) is 3.57. The quantitative estimate of drug-likeness (QED) is 0.920. The number of hydrogen-bond donors (Lipinski definition) is 1. The van der Waals surface area contributed by atoms with Gasteiger partial charge in [-0.2, -0.15) is 13.2 Å². The van der Waals surface area contributed by atoms with Gasteiger partial charge in [-0.1, -0.05) is 6.92 Å². The van der Waals surface area contributed by atoms with Gasteiger partial charge in [0, 0.05) is 24.7 Å². The number of carbonyl (C=O) groups is 1. The molecule has 104 valence electrons. The third-order valence-corrected chi connectivity index (χ3v) is 3.57. The van der Waals surface area contributed by atoms with Crippen LogP contribution >= 0.6 is 0 Å². The van der Waals surface area contributed by atoms with Crippen LogP contribution in [0, 0.1) is 11.8 Å². The first-order chi connectivity index (χ1) is 8.79. The van der Waals surface area contributed by atoms with E-state index in [1.54, 1.807) is 6.92 Å². The summed E-state index contributed by atoms with van der Waals surface area (Å²) >= 11 is 0. The standard InChI is InChI=1S/C13H14F3NO2/c1-8(12(18)19)9-6-17(7-9)11-4-2-10(3-5-11)13(14,15)16/h2-5,8-9H,6-7H2,1H3,(H,18,19). The Morgan fingerprint density at radius 1 is 1.32 bits per heavy atom. The summed E-state index contributed by atoms with van der Waals surface area (Å²) < 4.78 is 37.2. The molecule has 0 saturated carbocycles. The van der Waals surface area contributed by atoms with E-state index in [2.05, 4.69) is 0 Å². The van der Waals surface area contributed by atoms with Crippen LogP contribution in [0.1, 0.15) is 12.5 Å². The fourth-order valence-electron chi connectivity index (χ4n) is 2.10. The van der Waals surface area contributed by atoms with E-state index in [-0.39, 0.29) is 5.92 Å². The molecule has 3 nitrogen and oxygen atoms in total. The second-order valence-corrected chi connectivity index (χ2v) is 4.84. The van der Waals surface area contributed by atoms with Gasteiger partial charge in [-0.15, -0.1) is 0 Å². The first-order valence-electron chi connectivity index (χ1n) is 5.94. The Hall–Kier alpha value is -1.72. The molecule has 1 aromatic carbocycles. The van der Waals surface area contributed by atoms with Gasteiger partial charge in [-0.3, -0.25) is 4.79 Å². The minimum atomic E-state index is -4.33. The lowest BCUT2D eigenvalue weighted by atomic mass is 9.86. The van der Waals surface area contributed by atoms with E-state index < -0.39 is 23.6 Å². The molecule has 1 heterocycles. The molecule has 1 N–H and O–H groups in total. The highest BCUT2D eigenvalue weighted by Gasteiger charge is 2.35. The maximum absolute atomic E-state index is 12.4. The molecule has 0 bridgehead atoms. The van der Waals surface area contributed by atoms with E-state index in [9.17, 15) is 18.0 Å². The van der Waals surface area contributed by atoms with Crippen LogP contribution in [0.25, 0.3) is 0 Å². The van der Waals surface area contributed by atoms with Gasteiger partial charge >= 0.3 is 12.1 Å². The van der Waals surface area contributed by atoms with Crippen LogP contribution in [0.4, 0.5) is 18.9 Å². The molecule has 0 aromatic heterocycles. The highest BCUT2D eigenvalue weighted by molar-refractivity contribution is 5.70. The molecule has 2 rings (SSSR count). The number of carboxylic acids is 1. The van der Waals surface area contributed by atoms with Crippen molar-refractivity contribution >= 4 is 11.7 Å². The Kier molecular flexibility index (Phi) is 3.43. The lowest BCUT2D eigenvalue weighted by Gasteiger charge is -2.43. The van der Waals surface area contributed by atoms with Gasteiger partial charge < -0.3 is 10.0 Å². The summed E-state index contributed by atoms with van der Waals surface area (Å²) in [5.74, 6) is -1.21. The second kappa shape index (κ2) is 4.75. The van der Waals surface area contributed by atoms with Crippen LogP contribution in [0.15, 0.2) is 24.3 Å². The SMILES string of the molecule is CC(C(=O)O)C1CN(c2ccc(C(F)(F)F)cc2)C1. The maximum Gasteiger partial charge on any atom is 0.416 e. The summed E-state index contributed by atoms with van der Waals surface area (Å²) in [6.07, 6.45) is -4.33. The Bertz CT molecular complexity index is 464. The van der Waals surface area contributed by atoms with Crippen LogP contribution in [0.5, 0.6) is 0 Å². The van der Waals surface area contributed by atoms with Crippen LogP contribution < -0.4 is 4.90 Å². The lowest BCUT2D eigenvalue weighted by Crippen LogP contribution is -2.51. The van der Waals surface area contributed by atoms with Crippen molar-refractivity contribution < 1.29 is 23.1 Å². The van der Waals surface area contributed by atoms with Crippen molar-refractivity contribution in [1.82, 2.24) is 0 Å². The van der Waals surface area contributed by atoms with Crippen LogP contribution in [-0.2, 0) is 11.0 Å². The Morgan fingerprint density at radius 3 is 2.26 bits per heavy atom. The summed E-state index contributed by atoms with van der Waals surface area (Å²) in [7, 11) is 0. The van der Waals surface area contributed by atoms with Gasteiger partial charge in [-0.25, -0.2) is 0 Å². The molecule has 0 spiro atoms. The zero-order valence-corrected chi connectivity index (χ0v) is 10.3. The normalized spacial score (nSPS) is 18.0. The molecule has 0 aliphatic carbocycles. The second-order valence-electron chi connectivity index (χ2n) is 4.84. The summed E-state index contributed by atoms with van der Waals surface area (Å²) in [4.78, 5) is 12.7. The molecule has 1 aliphatic rings. The molecule has 1 aromatic rings. The van der Waals surface area contributed by atoms with E-state index in [1.807, 2.05) is 4.90 Å². The zero-order valence-electron chi connectivity index (χ0n) is 10.3. The topological polar surface area (TPSA) is 40.5 Å². The van der Waals surface area contributed by atoms with Crippen molar-refractivity contribution in [2.24, 2.45) is 11.8 Å². The van der Waals surface area contributed by atoms with Gasteiger partial charge in [0.1, 0.15) is 0 Å². The Labute approximate surface area is 108 Å². The molecule has 1 atom stereocenters. The molecule has 0 radical (unpaired) electrons. The molecule has 19 heavy (non-hydrogen) atoms. The average Bonchev–Trinajstić information content (AvgIpc) is 2.26. The van der Waals surface area contributed by atoms with Crippen molar-refractivity contribution in [3.63, 3.8) is 0 Å². The zero-order chi connectivity index (χ0) is 14.2. The van der Waals surface area contributed by atoms with E-state index in [1.165, 1.54) is 12.1 Å². The molecular formula is C13H14F3NO2. The molecule has 1 fully saturated rings. The van der Waals surface area contributed by atoms with Gasteiger partial charge in [0.15, 0.2) is 0 Å². The number of anilines is 1. The highest BCUT2D eigenvalue weighted by Crippen LogP contribution is 2.33. The number of aliphatic carboxylic acids is 1. The van der Waals surface area contributed by atoms with Crippen molar-refractivity contribution in [3.8, 4) is 0 Å². The summed E-state index contributed by atoms with van der Waals surface area (Å²) in [6, 6.07) is 4.93. The first kappa shape index (κ1) is 13.7. The monoisotopic (exact) mass is 273 g/mol.